The average Bonchev–Trinajstić information content (AvgIpc) is 2.93. The molecule has 1 N–H and O–H groups in total. The third-order valence-electron chi connectivity index (χ3n) is 3.36. The molecule has 0 spiro atoms. The quantitative estimate of drug-likeness (QED) is 0.773. The molecular formula is C15H14N4O4. The molecule has 0 saturated heterocycles. The fourth-order valence-electron chi connectivity index (χ4n) is 2.24. The van der Waals surface area contributed by atoms with Gasteiger partial charge in [-0.3, -0.25) is 14.0 Å². The summed E-state index contributed by atoms with van der Waals surface area (Å²) in [7, 11) is 1.55. The van der Waals surface area contributed by atoms with Crippen LogP contribution in [0.15, 0.2) is 39.9 Å². The Kier molecular flexibility index (Phi) is 3.57. The molecule has 0 atom stereocenters. The zero-order chi connectivity index (χ0) is 16.6. The predicted molar refractivity (Wildman–Crippen MR) is 80.2 cm³/mol. The van der Waals surface area contributed by atoms with Gasteiger partial charge in [0.25, 0.3) is 11.5 Å². The second-order valence-corrected chi connectivity index (χ2v) is 5.16. The number of aromatic nitrogens is 3. The van der Waals surface area contributed by atoms with Gasteiger partial charge in [0.2, 0.25) is 0 Å². The number of fused-ring (bicyclic) bond motifs is 1. The Morgan fingerprint density at radius 3 is 2.96 bits per heavy atom. The van der Waals surface area contributed by atoms with Crippen molar-refractivity contribution in [3.8, 4) is 5.75 Å². The molecule has 3 aromatic rings. The van der Waals surface area contributed by atoms with Gasteiger partial charge in [0.1, 0.15) is 5.56 Å². The van der Waals surface area contributed by atoms with E-state index in [2.05, 4.69) is 10.1 Å². The number of aryl methyl sites for hydroxylation is 1. The van der Waals surface area contributed by atoms with Gasteiger partial charge in [-0.1, -0.05) is 5.16 Å². The second-order valence-electron chi connectivity index (χ2n) is 5.16. The molecule has 8 nitrogen and oxygen atoms in total. The maximum atomic E-state index is 12.5. The number of hydrogen-bond donors (Lipinski definition) is 1. The maximum absolute atomic E-state index is 12.5. The third kappa shape index (κ3) is 2.66. The molecule has 3 rings (SSSR count). The van der Waals surface area contributed by atoms with E-state index < -0.39 is 11.5 Å². The minimum Gasteiger partial charge on any atom is -0.504 e. The molecule has 118 valence electrons. The number of carbonyl (C=O) groups is 1. The van der Waals surface area contributed by atoms with Crippen LogP contribution in [0.5, 0.6) is 5.75 Å². The number of pyridine rings is 1. The van der Waals surface area contributed by atoms with E-state index in [0.717, 1.165) is 4.40 Å². The van der Waals surface area contributed by atoms with Gasteiger partial charge in [-0.05, 0) is 19.1 Å². The molecule has 0 unspecified atom stereocenters. The average molecular weight is 314 g/mol. The Balaban J connectivity index is 1.94. The summed E-state index contributed by atoms with van der Waals surface area (Å²) in [4.78, 5) is 30.2. The van der Waals surface area contributed by atoms with Crippen LogP contribution in [0.1, 0.15) is 21.8 Å². The monoisotopic (exact) mass is 314 g/mol. The van der Waals surface area contributed by atoms with E-state index in [9.17, 15) is 14.7 Å². The van der Waals surface area contributed by atoms with Crippen LogP contribution in [0.2, 0.25) is 0 Å². The molecule has 0 saturated carbocycles. The van der Waals surface area contributed by atoms with Crippen LogP contribution >= 0.6 is 0 Å². The van der Waals surface area contributed by atoms with Crippen LogP contribution in [0.25, 0.3) is 5.65 Å². The molecule has 0 aliphatic carbocycles. The first-order valence-electron chi connectivity index (χ1n) is 6.84. The van der Waals surface area contributed by atoms with Crippen molar-refractivity contribution in [2.75, 3.05) is 7.05 Å². The van der Waals surface area contributed by atoms with Crippen LogP contribution in [0.3, 0.4) is 0 Å². The summed E-state index contributed by atoms with van der Waals surface area (Å²) in [6.07, 6.45) is 2.61. The van der Waals surface area contributed by atoms with E-state index in [1.54, 1.807) is 20.0 Å². The third-order valence-corrected chi connectivity index (χ3v) is 3.36. The molecule has 1 amide bonds. The summed E-state index contributed by atoms with van der Waals surface area (Å²) in [5.74, 6) is -0.103. The smallest absolute Gasteiger partial charge is 0.270 e. The van der Waals surface area contributed by atoms with Gasteiger partial charge in [0.05, 0.1) is 12.2 Å². The molecular weight excluding hydrogens is 300 g/mol. The number of amides is 1. The normalized spacial score (nSPS) is 10.9. The van der Waals surface area contributed by atoms with Crippen molar-refractivity contribution in [1.82, 2.24) is 19.4 Å². The lowest BCUT2D eigenvalue weighted by atomic mass is 10.2. The molecule has 0 aromatic carbocycles. The number of carbonyl (C=O) groups excluding carboxylic acids is 1. The number of nitrogens with zero attached hydrogens (tertiary/aromatic N) is 4. The highest BCUT2D eigenvalue weighted by atomic mass is 16.5. The van der Waals surface area contributed by atoms with Gasteiger partial charge in [0, 0.05) is 25.5 Å². The predicted octanol–water partition coefficient (Wildman–Crippen LogP) is 0.969. The molecule has 23 heavy (non-hydrogen) atoms. The number of rotatable bonds is 3. The lowest BCUT2D eigenvalue weighted by molar-refractivity contribution is 0.0770. The van der Waals surface area contributed by atoms with Crippen molar-refractivity contribution in [1.29, 1.82) is 0 Å². The lowest BCUT2D eigenvalue weighted by Crippen LogP contribution is -2.32. The summed E-state index contributed by atoms with van der Waals surface area (Å²) in [6.45, 7) is 1.96. The zero-order valence-corrected chi connectivity index (χ0v) is 12.6. The van der Waals surface area contributed by atoms with Crippen molar-refractivity contribution in [3.05, 3.63) is 58.0 Å². The first-order chi connectivity index (χ1) is 11.0. The Labute approximate surface area is 130 Å². The highest BCUT2D eigenvalue weighted by molar-refractivity contribution is 5.93. The maximum Gasteiger partial charge on any atom is 0.270 e. The molecule has 3 aromatic heterocycles. The number of hydrogen-bond acceptors (Lipinski definition) is 6. The van der Waals surface area contributed by atoms with Gasteiger partial charge >= 0.3 is 0 Å². The van der Waals surface area contributed by atoms with Gasteiger partial charge in [-0.15, -0.1) is 0 Å². The van der Waals surface area contributed by atoms with Gasteiger partial charge < -0.3 is 14.5 Å². The Morgan fingerprint density at radius 2 is 2.26 bits per heavy atom. The summed E-state index contributed by atoms with van der Waals surface area (Å²) in [5, 5.41) is 13.4. The Morgan fingerprint density at radius 1 is 1.48 bits per heavy atom. The zero-order valence-electron chi connectivity index (χ0n) is 12.6. The Hall–Kier alpha value is -3.16. The van der Waals surface area contributed by atoms with Crippen LogP contribution in [-0.4, -0.2) is 37.5 Å². The van der Waals surface area contributed by atoms with Crippen molar-refractivity contribution < 1.29 is 14.4 Å². The highest BCUT2D eigenvalue weighted by Crippen LogP contribution is 2.14. The fourth-order valence-corrected chi connectivity index (χ4v) is 2.24. The van der Waals surface area contributed by atoms with Crippen molar-refractivity contribution in [2.45, 2.75) is 13.5 Å². The molecule has 0 aliphatic heterocycles. The van der Waals surface area contributed by atoms with Crippen LogP contribution < -0.4 is 5.56 Å². The minimum absolute atomic E-state index is 0.0909. The summed E-state index contributed by atoms with van der Waals surface area (Å²) in [5.41, 5.74) is 0.176. The Bertz CT molecular complexity index is 944. The first kappa shape index (κ1) is 14.8. The standard InChI is InChI=1S/C15H14N4O4/c1-9-6-10(23-17-9)8-18(2)14(21)11-7-16-13-12(20)4-3-5-19(13)15(11)22/h3-7,20H,8H2,1-2H3. The largest absolute Gasteiger partial charge is 0.504 e. The topological polar surface area (TPSA) is 101 Å². The summed E-state index contributed by atoms with van der Waals surface area (Å²) < 4.78 is 6.20. The van der Waals surface area contributed by atoms with Crippen molar-refractivity contribution >= 4 is 11.6 Å². The van der Waals surface area contributed by atoms with Gasteiger partial charge in [0.15, 0.2) is 17.2 Å². The molecule has 3 heterocycles. The van der Waals surface area contributed by atoms with Crippen LogP contribution in [-0.2, 0) is 6.54 Å². The molecule has 0 fully saturated rings. The van der Waals surface area contributed by atoms with E-state index in [1.807, 2.05) is 0 Å². The van der Waals surface area contributed by atoms with Crippen LogP contribution in [0, 0.1) is 6.92 Å². The van der Waals surface area contributed by atoms with E-state index in [1.165, 1.54) is 29.4 Å². The fraction of sp³-hybridized carbons (Fsp3) is 0.200. The first-order valence-corrected chi connectivity index (χ1v) is 6.84. The molecule has 0 aliphatic rings. The minimum atomic E-state index is -0.545. The number of aromatic hydroxyl groups is 1. The van der Waals surface area contributed by atoms with Crippen molar-refractivity contribution in [2.24, 2.45) is 0 Å². The van der Waals surface area contributed by atoms with E-state index >= 15 is 0 Å². The van der Waals surface area contributed by atoms with E-state index in [4.69, 9.17) is 4.52 Å². The molecule has 0 radical (unpaired) electrons. The SMILES string of the molecule is Cc1cc(CN(C)C(=O)c2cnc3c(O)cccn3c2=O)on1. The second kappa shape index (κ2) is 5.56. The van der Waals surface area contributed by atoms with E-state index in [0.29, 0.717) is 11.5 Å². The van der Waals surface area contributed by atoms with Gasteiger partial charge in [-0.25, -0.2) is 4.98 Å². The highest BCUT2D eigenvalue weighted by Gasteiger charge is 2.19. The van der Waals surface area contributed by atoms with Crippen LogP contribution in [0.4, 0.5) is 0 Å². The lowest BCUT2D eigenvalue weighted by Gasteiger charge is -2.15. The molecule has 0 bridgehead atoms. The molecule has 8 heteroatoms. The summed E-state index contributed by atoms with van der Waals surface area (Å²) >= 11 is 0. The van der Waals surface area contributed by atoms with Gasteiger partial charge in [-0.2, -0.15) is 0 Å². The van der Waals surface area contributed by atoms with Crippen molar-refractivity contribution in [3.63, 3.8) is 0 Å². The van der Waals surface area contributed by atoms with E-state index in [-0.39, 0.29) is 23.5 Å². The summed E-state index contributed by atoms with van der Waals surface area (Å²) in [6, 6.07) is 4.63.